The zero-order valence-corrected chi connectivity index (χ0v) is 20.0. The Bertz CT molecular complexity index is 1060. The fourth-order valence-corrected chi connectivity index (χ4v) is 4.20. The number of halogens is 2. The fourth-order valence-electron chi connectivity index (χ4n) is 3.35. The molecule has 1 fully saturated rings. The number of nitrogens with zero attached hydrogens (tertiary/aromatic N) is 3. The third kappa shape index (κ3) is 6.56. The van der Waals surface area contributed by atoms with Crippen LogP contribution in [0.2, 0.25) is 5.02 Å². The van der Waals surface area contributed by atoms with Crippen LogP contribution in [0.5, 0.6) is 11.5 Å². The second-order valence-electron chi connectivity index (χ2n) is 7.35. The molecule has 0 aliphatic carbocycles. The van der Waals surface area contributed by atoms with E-state index in [0.717, 1.165) is 30.5 Å². The molecule has 2 aromatic heterocycles. The number of aromatic nitrogens is 2. The van der Waals surface area contributed by atoms with Crippen molar-refractivity contribution in [2.45, 2.75) is 19.8 Å². The van der Waals surface area contributed by atoms with Crippen molar-refractivity contribution in [3.63, 3.8) is 0 Å². The van der Waals surface area contributed by atoms with Gasteiger partial charge in [-0.3, -0.25) is 4.79 Å². The average Bonchev–Trinajstić information content (AvgIpc) is 3.41. The number of aryl methyl sites for hydroxylation is 1. The maximum Gasteiger partial charge on any atom is 0.251 e. The minimum Gasteiger partial charge on any atom is -0.456 e. The molecule has 4 rings (SSSR count). The molecule has 170 valence electrons. The summed E-state index contributed by atoms with van der Waals surface area (Å²) in [6.45, 7) is 5.65. The highest BCUT2D eigenvalue weighted by Crippen LogP contribution is 2.31. The van der Waals surface area contributed by atoms with Crippen molar-refractivity contribution in [3.05, 3.63) is 58.2 Å². The maximum atomic E-state index is 12.5. The molecule has 32 heavy (non-hydrogen) atoms. The summed E-state index contributed by atoms with van der Waals surface area (Å²) >= 11 is 7.82. The van der Waals surface area contributed by atoms with E-state index in [2.05, 4.69) is 25.5 Å². The molecular formula is C22H25Cl2N5O2S. The number of likely N-dealkylation sites (tertiary alicyclic amines) is 1. The van der Waals surface area contributed by atoms with Gasteiger partial charge in [-0.25, -0.2) is 9.97 Å². The van der Waals surface area contributed by atoms with Crippen molar-refractivity contribution in [1.29, 1.82) is 0 Å². The molecule has 3 aromatic rings. The van der Waals surface area contributed by atoms with Crippen LogP contribution in [0.25, 0.3) is 0 Å². The van der Waals surface area contributed by atoms with Gasteiger partial charge in [-0.15, -0.1) is 23.7 Å². The van der Waals surface area contributed by atoms with E-state index in [4.69, 9.17) is 16.3 Å². The summed E-state index contributed by atoms with van der Waals surface area (Å²) in [6.07, 6.45) is 4.12. The van der Waals surface area contributed by atoms with Crippen LogP contribution in [0.3, 0.4) is 0 Å². The number of amides is 1. The van der Waals surface area contributed by atoms with E-state index < -0.39 is 0 Å². The van der Waals surface area contributed by atoms with Gasteiger partial charge in [0.2, 0.25) is 0 Å². The van der Waals surface area contributed by atoms with Crippen LogP contribution in [0, 0.1) is 6.92 Å². The lowest BCUT2D eigenvalue weighted by molar-refractivity contribution is 0.0949. The first-order chi connectivity index (χ1) is 15.1. The molecule has 0 bridgehead atoms. The highest BCUT2D eigenvalue weighted by molar-refractivity contribution is 7.13. The lowest BCUT2D eigenvalue weighted by Crippen LogP contribution is -2.33. The SMILES string of the molecule is Cc1csc(Nc2cc(Oc3cc(C(=O)NCCN4CCCC4)ccc3Cl)ccn2)n1.Cl. The Morgan fingerprint density at radius 1 is 1.25 bits per heavy atom. The van der Waals surface area contributed by atoms with Crippen LogP contribution in [-0.2, 0) is 0 Å². The maximum absolute atomic E-state index is 12.5. The molecule has 0 saturated carbocycles. The third-order valence-corrected chi connectivity index (χ3v) is 6.11. The van der Waals surface area contributed by atoms with Gasteiger partial charge in [0.15, 0.2) is 5.13 Å². The van der Waals surface area contributed by atoms with E-state index in [1.807, 2.05) is 12.3 Å². The molecule has 3 heterocycles. The number of ether oxygens (including phenoxy) is 1. The normalized spacial score (nSPS) is 13.4. The molecule has 0 atom stereocenters. The number of thiazole rings is 1. The first kappa shape index (κ1) is 24.3. The summed E-state index contributed by atoms with van der Waals surface area (Å²) in [5.74, 6) is 1.44. The molecule has 2 N–H and O–H groups in total. The number of carbonyl (C=O) groups excluding carboxylic acids is 1. The second kappa shape index (κ2) is 11.5. The largest absolute Gasteiger partial charge is 0.456 e. The Hall–Kier alpha value is -2.39. The first-order valence-corrected chi connectivity index (χ1v) is 11.5. The van der Waals surface area contributed by atoms with Gasteiger partial charge >= 0.3 is 0 Å². The molecule has 1 aromatic carbocycles. The van der Waals surface area contributed by atoms with Crippen LogP contribution < -0.4 is 15.4 Å². The Morgan fingerprint density at radius 2 is 2.06 bits per heavy atom. The number of pyridine rings is 1. The number of rotatable bonds is 8. The van der Waals surface area contributed by atoms with Crippen LogP contribution in [0.15, 0.2) is 41.9 Å². The predicted molar refractivity (Wildman–Crippen MR) is 131 cm³/mol. The third-order valence-electron chi connectivity index (χ3n) is 4.92. The van der Waals surface area contributed by atoms with Gasteiger partial charge in [0.1, 0.15) is 17.3 Å². The summed E-state index contributed by atoms with van der Waals surface area (Å²) in [6, 6.07) is 8.52. The number of hydrogen-bond donors (Lipinski definition) is 2. The van der Waals surface area contributed by atoms with Gasteiger partial charge in [-0.05, 0) is 57.1 Å². The minimum atomic E-state index is -0.142. The summed E-state index contributed by atoms with van der Waals surface area (Å²) in [7, 11) is 0. The molecule has 1 aliphatic heterocycles. The Balaban J connectivity index is 0.00000289. The van der Waals surface area contributed by atoms with E-state index in [0.29, 0.717) is 34.4 Å². The van der Waals surface area contributed by atoms with Gasteiger partial charge in [0, 0.05) is 36.3 Å². The number of anilines is 2. The van der Waals surface area contributed by atoms with E-state index in [1.165, 1.54) is 24.2 Å². The summed E-state index contributed by atoms with van der Waals surface area (Å²) in [4.78, 5) is 23.6. The summed E-state index contributed by atoms with van der Waals surface area (Å²) in [5, 5.41) is 9.27. The molecule has 0 radical (unpaired) electrons. The quantitative estimate of drug-likeness (QED) is 0.444. The zero-order chi connectivity index (χ0) is 21.6. The number of nitrogens with one attached hydrogen (secondary N) is 2. The van der Waals surface area contributed by atoms with Crippen LogP contribution in [0.1, 0.15) is 28.9 Å². The van der Waals surface area contributed by atoms with Crippen molar-refractivity contribution in [1.82, 2.24) is 20.2 Å². The van der Waals surface area contributed by atoms with E-state index in [1.54, 1.807) is 36.5 Å². The Kier molecular flexibility index (Phi) is 8.69. The van der Waals surface area contributed by atoms with Crippen molar-refractivity contribution in [3.8, 4) is 11.5 Å². The molecule has 0 spiro atoms. The topological polar surface area (TPSA) is 79.4 Å². The van der Waals surface area contributed by atoms with Crippen molar-refractivity contribution < 1.29 is 9.53 Å². The summed E-state index contributed by atoms with van der Waals surface area (Å²) in [5.41, 5.74) is 1.45. The Labute approximate surface area is 202 Å². The average molecular weight is 494 g/mol. The second-order valence-corrected chi connectivity index (χ2v) is 8.61. The van der Waals surface area contributed by atoms with Crippen molar-refractivity contribution in [2.24, 2.45) is 0 Å². The molecule has 1 saturated heterocycles. The van der Waals surface area contributed by atoms with Crippen LogP contribution >= 0.6 is 35.3 Å². The van der Waals surface area contributed by atoms with Crippen molar-refractivity contribution >= 4 is 52.2 Å². The monoisotopic (exact) mass is 493 g/mol. The van der Waals surface area contributed by atoms with Gasteiger partial charge in [-0.1, -0.05) is 11.6 Å². The molecule has 0 unspecified atom stereocenters. The highest BCUT2D eigenvalue weighted by atomic mass is 35.5. The van der Waals surface area contributed by atoms with Gasteiger partial charge in [0.05, 0.1) is 10.7 Å². The number of carbonyl (C=O) groups is 1. The zero-order valence-electron chi connectivity index (χ0n) is 17.6. The lowest BCUT2D eigenvalue weighted by atomic mass is 10.2. The molecule has 1 amide bonds. The molecule has 7 nitrogen and oxygen atoms in total. The summed E-state index contributed by atoms with van der Waals surface area (Å²) < 4.78 is 5.95. The number of hydrogen-bond acceptors (Lipinski definition) is 7. The standard InChI is InChI=1S/C22H24ClN5O2S.ClH/c1-15-14-31-22(26-15)27-20-13-17(6-7-24-20)30-19-12-16(4-5-18(19)23)21(29)25-8-11-28-9-2-3-10-28;/h4-7,12-14H,2-3,8-11H2,1H3,(H,25,29)(H,24,26,27);1H. The van der Waals surface area contributed by atoms with Crippen LogP contribution in [-0.4, -0.2) is 47.0 Å². The minimum absolute atomic E-state index is 0. The number of benzene rings is 1. The molecule has 1 aliphatic rings. The van der Waals surface area contributed by atoms with Gasteiger partial charge in [0.25, 0.3) is 5.91 Å². The van der Waals surface area contributed by atoms with E-state index >= 15 is 0 Å². The smallest absolute Gasteiger partial charge is 0.251 e. The Morgan fingerprint density at radius 3 is 2.81 bits per heavy atom. The first-order valence-electron chi connectivity index (χ1n) is 10.2. The molecular weight excluding hydrogens is 469 g/mol. The van der Waals surface area contributed by atoms with E-state index in [-0.39, 0.29) is 18.3 Å². The predicted octanol–water partition coefficient (Wildman–Crippen LogP) is 5.28. The van der Waals surface area contributed by atoms with Gasteiger partial charge < -0.3 is 20.3 Å². The van der Waals surface area contributed by atoms with Gasteiger partial charge in [-0.2, -0.15) is 0 Å². The highest BCUT2D eigenvalue weighted by Gasteiger charge is 2.14. The van der Waals surface area contributed by atoms with Crippen molar-refractivity contribution in [2.75, 3.05) is 31.5 Å². The molecule has 10 heteroatoms. The van der Waals surface area contributed by atoms with E-state index in [9.17, 15) is 4.79 Å². The van der Waals surface area contributed by atoms with Crippen LogP contribution in [0.4, 0.5) is 10.9 Å². The fraction of sp³-hybridized carbons (Fsp3) is 0.318. The lowest BCUT2D eigenvalue weighted by Gasteiger charge is -2.15.